The van der Waals surface area contributed by atoms with Gasteiger partial charge in [-0.1, -0.05) is 24.6 Å². The maximum Gasteiger partial charge on any atom is 0.327 e. The van der Waals surface area contributed by atoms with Crippen LogP contribution in [0.1, 0.15) is 34.1 Å². The number of carboxylic acids is 1. The standard InChI is InChI=1S/C7H14.C3H4O2/c1-5-7(4)6(2)3;1-2-3(4)5/h5H2,1-4H3;2H,1H2,(H,4,5). The second kappa shape index (κ2) is 8.05. The van der Waals surface area contributed by atoms with Crippen LogP contribution in [-0.4, -0.2) is 11.1 Å². The molecule has 2 heteroatoms. The zero-order valence-corrected chi connectivity index (χ0v) is 8.35. The average Bonchev–Trinajstić information content (AvgIpc) is 2.04. The monoisotopic (exact) mass is 170 g/mol. The molecule has 0 unspecified atom stereocenters. The largest absolute Gasteiger partial charge is 0.478 e. The molecule has 0 saturated heterocycles. The average molecular weight is 170 g/mol. The van der Waals surface area contributed by atoms with Gasteiger partial charge in [0.15, 0.2) is 0 Å². The minimum atomic E-state index is -0.981. The molecule has 0 spiro atoms. The van der Waals surface area contributed by atoms with Crippen LogP contribution in [0.15, 0.2) is 23.8 Å². The van der Waals surface area contributed by atoms with Gasteiger partial charge in [-0.3, -0.25) is 0 Å². The summed E-state index contributed by atoms with van der Waals surface area (Å²) in [6, 6.07) is 0. The fourth-order valence-corrected chi connectivity index (χ4v) is 0.354. The molecule has 0 radical (unpaired) electrons. The molecule has 0 aliphatic heterocycles. The molecule has 0 rings (SSSR count). The predicted octanol–water partition coefficient (Wildman–Crippen LogP) is 3.01. The van der Waals surface area contributed by atoms with Crippen LogP contribution >= 0.6 is 0 Å². The fraction of sp³-hybridized carbons (Fsp3) is 0.500. The van der Waals surface area contributed by atoms with Crippen LogP contribution in [0.2, 0.25) is 0 Å². The fourth-order valence-electron chi connectivity index (χ4n) is 0.354. The number of aliphatic carboxylic acids is 1. The lowest BCUT2D eigenvalue weighted by molar-refractivity contribution is -0.131. The van der Waals surface area contributed by atoms with E-state index in [-0.39, 0.29) is 0 Å². The summed E-state index contributed by atoms with van der Waals surface area (Å²) >= 11 is 0. The van der Waals surface area contributed by atoms with E-state index in [1.165, 1.54) is 17.6 Å². The zero-order valence-electron chi connectivity index (χ0n) is 8.35. The van der Waals surface area contributed by atoms with Crippen LogP contribution in [-0.2, 0) is 4.79 Å². The predicted molar refractivity (Wildman–Crippen MR) is 52.2 cm³/mol. The Balaban J connectivity index is 0. The van der Waals surface area contributed by atoms with Gasteiger partial charge in [0, 0.05) is 6.08 Å². The minimum absolute atomic E-state index is 0.833. The summed E-state index contributed by atoms with van der Waals surface area (Å²) in [4.78, 5) is 9.25. The van der Waals surface area contributed by atoms with Crippen LogP contribution < -0.4 is 0 Å². The van der Waals surface area contributed by atoms with Gasteiger partial charge in [-0.25, -0.2) is 4.79 Å². The summed E-state index contributed by atoms with van der Waals surface area (Å²) < 4.78 is 0. The van der Waals surface area contributed by atoms with E-state index in [0.29, 0.717) is 0 Å². The molecule has 0 aliphatic carbocycles. The van der Waals surface area contributed by atoms with Crippen LogP contribution in [0.25, 0.3) is 0 Å². The second-order valence-corrected chi connectivity index (χ2v) is 2.68. The zero-order chi connectivity index (χ0) is 10.1. The summed E-state index contributed by atoms with van der Waals surface area (Å²) in [7, 11) is 0. The molecule has 70 valence electrons. The van der Waals surface area contributed by atoms with Crippen molar-refractivity contribution in [3.05, 3.63) is 23.8 Å². The Morgan fingerprint density at radius 1 is 1.42 bits per heavy atom. The molecule has 0 bridgehead atoms. The van der Waals surface area contributed by atoms with Crippen molar-refractivity contribution in [1.82, 2.24) is 0 Å². The van der Waals surface area contributed by atoms with E-state index in [1.54, 1.807) is 0 Å². The molecule has 0 aliphatic rings. The SMILES string of the molecule is C=CC(=O)O.CCC(C)=C(C)C. The molecule has 0 heterocycles. The molecule has 12 heavy (non-hydrogen) atoms. The normalized spacial score (nSPS) is 7.67. The quantitative estimate of drug-likeness (QED) is 0.511. The lowest BCUT2D eigenvalue weighted by Crippen LogP contribution is -1.82. The highest BCUT2D eigenvalue weighted by atomic mass is 16.4. The number of hydrogen-bond acceptors (Lipinski definition) is 1. The van der Waals surface area contributed by atoms with Crippen LogP contribution in [0, 0.1) is 0 Å². The summed E-state index contributed by atoms with van der Waals surface area (Å²) in [6.45, 7) is 11.6. The Hall–Kier alpha value is -1.05. The Kier molecular flexibility index (Phi) is 9.08. The van der Waals surface area contributed by atoms with Crippen molar-refractivity contribution in [1.29, 1.82) is 0 Å². The molecular weight excluding hydrogens is 152 g/mol. The highest BCUT2D eigenvalue weighted by Crippen LogP contribution is 2.04. The molecule has 0 fully saturated rings. The van der Waals surface area contributed by atoms with E-state index in [0.717, 1.165) is 6.08 Å². The van der Waals surface area contributed by atoms with Gasteiger partial charge in [0.25, 0.3) is 0 Å². The number of rotatable bonds is 2. The second-order valence-electron chi connectivity index (χ2n) is 2.68. The Morgan fingerprint density at radius 2 is 1.75 bits per heavy atom. The van der Waals surface area contributed by atoms with E-state index in [1.807, 2.05) is 0 Å². The smallest absolute Gasteiger partial charge is 0.327 e. The number of hydrogen-bond donors (Lipinski definition) is 1. The molecule has 2 nitrogen and oxygen atoms in total. The molecule has 0 atom stereocenters. The summed E-state index contributed by atoms with van der Waals surface area (Å²) in [5.74, 6) is -0.981. The maximum atomic E-state index is 9.25. The third-order valence-corrected chi connectivity index (χ3v) is 1.56. The molecule has 0 saturated carbocycles. The van der Waals surface area contributed by atoms with Crippen molar-refractivity contribution in [3.8, 4) is 0 Å². The van der Waals surface area contributed by atoms with Crippen molar-refractivity contribution in [2.75, 3.05) is 0 Å². The highest BCUT2D eigenvalue weighted by Gasteiger charge is 1.82. The Bertz CT molecular complexity index is 174. The minimum Gasteiger partial charge on any atom is -0.478 e. The van der Waals surface area contributed by atoms with Gasteiger partial charge in [-0.15, -0.1) is 0 Å². The molecule has 0 aromatic carbocycles. The molecule has 0 amide bonds. The topological polar surface area (TPSA) is 37.3 Å². The van der Waals surface area contributed by atoms with E-state index in [4.69, 9.17) is 5.11 Å². The van der Waals surface area contributed by atoms with Gasteiger partial charge in [-0.05, 0) is 27.2 Å². The van der Waals surface area contributed by atoms with Crippen molar-refractivity contribution in [2.45, 2.75) is 34.1 Å². The third kappa shape index (κ3) is 11.7. The van der Waals surface area contributed by atoms with Gasteiger partial charge >= 0.3 is 5.97 Å². The number of allylic oxidation sites excluding steroid dienone is 2. The summed E-state index contributed by atoms with van der Waals surface area (Å²) in [5, 5.41) is 7.60. The van der Waals surface area contributed by atoms with Gasteiger partial charge in [0.1, 0.15) is 0 Å². The molecular formula is C10H18O2. The number of carboxylic acid groups (broad SMARTS) is 1. The lowest BCUT2D eigenvalue weighted by Gasteiger charge is -1.94. The first-order valence-corrected chi connectivity index (χ1v) is 3.94. The van der Waals surface area contributed by atoms with Crippen LogP contribution in [0.5, 0.6) is 0 Å². The van der Waals surface area contributed by atoms with Crippen molar-refractivity contribution < 1.29 is 9.90 Å². The lowest BCUT2D eigenvalue weighted by atomic mass is 10.1. The van der Waals surface area contributed by atoms with Crippen molar-refractivity contribution in [2.24, 2.45) is 0 Å². The van der Waals surface area contributed by atoms with Gasteiger partial charge in [-0.2, -0.15) is 0 Å². The Labute approximate surface area is 74.6 Å². The first-order chi connectivity index (χ1) is 5.45. The van der Waals surface area contributed by atoms with Gasteiger partial charge in [0.05, 0.1) is 0 Å². The van der Waals surface area contributed by atoms with E-state index in [9.17, 15) is 4.79 Å². The van der Waals surface area contributed by atoms with Crippen LogP contribution in [0.3, 0.4) is 0 Å². The summed E-state index contributed by atoms with van der Waals surface area (Å²) in [5.41, 5.74) is 2.97. The van der Waals surface area contributed by atoms with E-state index < -0.39 is 5.97 Å². The first kappa shape index (κ1) is 13.5. The molecule has 1 N–H and O–H groups in total. The Morgan fingerprint density at radius 3 is 1.75 bits per heavy atom. The van der Waals surface area contributed by atoms with Crippen molar-refractivity contribution in [3.63, 3.8) is 0 Å². The highest BCUT2D eigenvalue weighted by molar-refractivity contribution is 5.78. The summed E-state index contributed by atoms with van der Waals surface area (Å²) in [6.07, 6.45) is 2.03. The van der Waals surface area contributed by atoms with Crippen LogP contribution in [0.4, 0.5) is 0 Å². The van der Waals surface area contributed by atoms with Gasteiger partial charge in [0.2, 0.25) is 0 Å². The number of carbonyl (C=O) groups is 1. The third-order valence-electron chi connectivity index (χ3n) is 1.56. The van der Waals surface area contributed by atoms with Gasteiger partial charge < -0.3 is 5.11 Å². The van der Waals surface area contributed by atoms with E-state index >= 15 is 0 Å². The first-order valence-electron chi connectivity index (χ1n) is 3.94. The molecule has 0 aromatic rings. The molecule has 0 aromatic heterocycles. The maximum absolute atomic E-state index is 9.25. The van der Waals surface area contributed by atoms with Crippen molar-refractivity contribution >= 4 is 5.97 Å². The van der Waals surface area contributed by atoms with E-state index in [2.05, 4.69) is 34.3 Å².